The van der Waals surface area contributed by atoms with Crippen molar-refractivity contribution in [2.45, 2.75) is 33.6 Å². The molecule has 0 radical (unpaired) electrons. The molecule has 18 heavy (non-hydrogen) atoms. The van der Waals surface area contributed by atoms with Gasteiger partial charge >= 0.3 is 5.97 Å². The molecule has 2 nitrogen and oxygen atoms in total. The van der Waals surface area contributed by atoms with Crippen LogP contribution < -0.4 is 0 Å². The molecule has 1 aromatic rings. The van der Waals surface area contributed by atoms with E-state index in [1.54, 1.807) is 0 Å². The van der Waals surface area contributed by atoms with Crippen molar-refractivity contribution >= 4 is 5.97 Å². The summed E-state index contributed by atoms with van der Waals surface area (Å²) in [5.74, 6) is 0.635. The summed E-state index contributed by atoms with van der Waals surface area (Å²) in [7, 11) is 0. The average Bonchev–Trinajstić information content (AvgIpc) is 2.32. The van der Waals surface area contributed by atoms with Crippen LogP contribution in [0.1, 0.15) is 39.2 Å². The van der Waals surface area contributed by atoms with Crippen LogP contribution in [0.3, 0.4) is 0 Å². The van der Waals surface area contributed by atoms with Crippen molar-refractivity contribution in [2.24, 2.45) is 11.3 Å². The van der Waals surface area contributed by atoms with E-state index in [0.29, 0.717) is 0 Å². The molecule has 1 aliphatic heterocycles. The molecule has 0 aliphatic carbocycles. The van der Waals surface area contributed by atoms with Crippen LogP contribution in [0.5, 0.6) is 0 Å². The highest BCUT2D eigenvalue weighted by Crippen LogP contribution is 2.38. The van der Waals surface area contributed by atoms with Crippen LogP contribution in [0.15, 0.2) is 42.2 Å². The summed E-state index contributed by atoms with van der Waals surface area (Å²) in [6.07, 6.45) is 2.10. The van der Waals surface area contributed by atoms with E-state index < -0.39 is 0 Å². The second kappa shape index (κ2) is 4.60. The van der Waals surface area contributed by atoms with Gasteiger partial charge in [0.15, 0.2) is 0 Å². The first kappa shape index (κ1) is 12.9. The van der Waals surface area contributed by atoms with Crippen molar-refractivity contribution in [3.63, 3.8) is 0 Å². The SMILES string of the molecule is C[C@H]1C(=O)OC(C(C)(C)C)=C[C@@H]1c1ccccc1. The topological polar surface area (TPSA) is 26.3 Å². The molecule has 1 aromatic carbocycles. The Morgan fingerprint density at radius 3 is 2.28 bits per heavy atom. The summed E-state index contributed by atoms with van der Waals surface area (Å²) in [4.78, 5) is 12.0. The Labute approximate surface area is 109 Å². The fraction of sp³-hybridized carbons (Fsp3) is 0.438. The maximum absolute atomic E-state index is 12.0. The first-order chi connectivity index (χ1) is 8.39. The molecule has 2 rings (SSSR count). The second-order valence-electron chi connectivity index (χ2n) is 5.93. The Morgan fingerprint density at radius 2 is 1.72 bits per heavy atom. The van der Waals surface area contributed by atoms with Gasteiger partial charge in [0.25, 0.3) is 0 Å². The molecule has 0 N–H and O–H groups in total. The summed E-state index contributed by atoms with van der Waals surface area (Å²) in [6.45, 7) is 8.11. The third-order valence-corrected chi connectivity index (χ3v) is 3.38. The highest BCUT2D eigenvalue weighted by atomic mass is 16.5. The average molecular weight is 244 g/mol. The van der Waals surface area contributed by atoms with E-state index in [1.165, 1.54) is 5.56 Å². The van der Waals surface area contributed by atoms with Gasteiger partial charge in [0.05, 0.1) is 5.92 Å². The molecular formula is C16H20O2. The van der Waals surface area contributed by atoms with E-state index in [9.17, 15) is 4.79 Å². The number of ether oxygens (including phenoxy) is 1. The quantitative estimate of drug-likeness (QED) is 0.700. The van der Waals surface area contributed by atoms with Gasteiger partial charge < -0.3 is 4.74 Å². The van der Waals surface area contributed by atoms with Crippen LogP contribution in [0.4, 0.5) is 0 Å². The predicted molar refractivity (Wildman–Crippen MR) is 72.0 cm³/mol. The van der Waals surface area contributed by atoms with Gasteiger partial charge in [0.2, 0.25) is 0 Å². The summed E-state index contributed by atoms with van der Waals surface area (Å²) in [5, 5.41) is 0. The monoisotopic (exact) mass is 244 g/mol. The zero-order valence-corrected chi connectivity index (χ0v) is 11.4. The molecule has 1 heterocycles. The number of rotatable bonds is 1. The van der Waals surface area contributed by atoms with E-state index in [4.69, 9.17) is 4.74 Å². The number of hydrogen-bond acceptors (Lipinski definition) is 2. The number of carbonyl (C=O) groups is 1. The third kappa shape index (κ3) is 2.47. The third-order valence-electron chi connectivity index (χ3n) is 3.38. The van der Waals surface area contributed by atoms with E-state index in [0.717, 1.165) is 5.76 Å². The number of hydrogen-bond donors (Lipinski definition) is 0. The maximum atomic E-state index is 12.0. The van der Waals surface area contributed by atoms with Gasteiger partial charge in [-0.3, -0.25) is 4.79 Å². The molecule has 2 heteroatoms. The highest BCUT2D eigenvalue weighted by molar-refractivity contribution is 5.76. The minimum absolute atomic E-state index is 0.113. The molecule has 0 spiro atoms. The van der Waals surface area contributed by atoms with E-state index >= 15 is 0 Å². The zero-order valence-electron chi connectivity index (χ0n) is 11.4. The van der Waals surface area contributed by atoms with Gasteiger partial charge in [-0.2, -0.15) is 0 Å². The summed E-state index contributed by atoms with van der Waals surface area (Å²) in [6, 6.07) is 10.1. The fourth-order valence-corrected chi connectivity index (χ4v) is 2.15. The smallest absolute Gasteiger partial charge is 0.314 e. The van der Waals surface area contributed by atoms with Gasteiger partial charge in [-0.05, 0) is 11.6 Å². The van der Waals surface area contributed by atoms with Crippen molar-refractivity contribution in [1.29, 1.82) is 0 Å². The van der Waals surface area contributed by atoms with Crippen molar-refractivity contribution < 1.29 is 9.53 Å². The van der Waals surface area contributed by atoms with Crippen LogP contribution in [0, 0.1) is 11.3 Å². The van der Waals surface area contributed by atoms with Gasteiger partial charge in [-0.15, -0.1) is 0 Å². The number of cyclic esters (lactones) is 1. The Morgan fingerprint density at radius 1 is 1.11 bits per heavy atom. The fourth-order valence-electron chi connectivity index (χ4n) is 2.15. The van der Waals surface area contributed by atoms with Crippen LogP contribution >= 0.6 is 0 Å². The lowest BCUT2D eigenvalue weighted by molar-refractivity contribution is -0.147. The number of allylic oxidation sites excluding steroid dienone is 2. The first-order valence-electron chi connectivity index (χ1n) is 6.38. The van der Waals surface area contributed by atoms with E-state index in [1.807, 2.05) is 25.1 Å². The standard InChI is InChI=1S/C16H20O2/c1-11-13(12-8-6-5-7-9-12)10-14(16(2,3)4)18-15(11)17/h5-11,13H,1-4H3/t11-,13+/m1/s1. The number of esters is 1. The molecule has 0 fully saturated rings. The maximum Gasteiger partial charge on any atom is 0.314 e. The Hall–Kier alpha value is -1.57. The Bertz CT molecular complexity index is 466. The number of benzene rings is 1. The van der Waals surface area contributed by atoms with Gasteiger partial charge in [-0.1, -0.05) is 58.0 Å². The molecule has 0 unspecified atom stereocenters. The second-order valence-corrected chi connectivity index (χ2v) is 5.93. The van der Waals surface area contributed by atoms with E-state index in [-0.39, 0.29) is 23.2 Å². The van der Waals surface area contributed by atoms with Crippen LogP contribution in [-0.4, -0.2) is 5.97 Å². The van der Waals surface area contributed by atoms with Crippen LogP contribution in [0.2, 0.25) is 0 Å². The summed E-state index contributed by atoms with van der Waals surface area (Å²) < 4.78 is 5.44. The molecule has 0 saturated heterocycles. The predicted octanol–water partition coefficient (Wildman–Crippen LogP) is 3.89. The zero-order chi connectivity index (χ0) is 13.3. The molecule has 2 atom stereocenters. The Kier molecular flexibility index (Phi) is 3.29. The minimum Gasteiger partial charge on any atom is -0.431 e. The Balaban J connectivity index is 2.41. The van der Waals surface area contributed by atoms with Crippen LogP contribution in [-0.2, 0) is 9.53 Å². The summed E-state index contributed by atoms with van der Waals surface area (Å²) >= 11 is 0. The summed E-state index contributed by atoms with van der Waals surface area (Å²) in [5.41, 5.74) is 1.03. The molecule has 96 valence electrons. The van der Waals surface area contributed by atoms with Crippen LogP contribution in [0.25, 0.3) is 0 Å². The largest absolute Gasteiger partial charge is 0.431 e. The normalized spacial score (nSPS) is 24.4. The highest BCUT2D eigenvalue weighted by Gasteiger charge is 2.34. The molecule has 0 saturated carbocycles. The lowest BCUT2D eigenvalue weighted by Crippen LogP contribution is -2.29. The lowest BCUT2D eigenvalue weighted by atomic mass is 9.81. The van der Waals surface area contributed by atoms with Crippen molar-refractivity contribution in [1.82, 2.24) is 0 Å². The van der Waals surface area contributed by atoms with Crippen molar-refractivity contribution in [3.05, 3.63) is 47.7 Å². The van der Waals surface area contributed by atoms with Gasteiger partial charge in [0.1, 0.15) is 5.76 Å². The van der Waals surface area contributed by atoms with Gasteiger partial charge in [0, 0.05) is 11.3 Å². The molecule has 0 bridgehead atoms. The molecule has 0 aromatic heterocycles. The van der Waals surface area contributed by atoms with Gasteiger partial charge in [-0.25, -0.2) is 0 Å². The van der Waals surface area contributed by atoms with Crippen molar-refractivity contribution in [3.8, 4) is 0 Å². The minimum atomic E-state index is -0.136. The molecule has 0 amide bonds. The van der Waals surface area contributed by atoms with E-state index in [2.05, 4.69) is 39.0 Å². The lowest BCUT2D eigenvalue weighted by Gasteiger charge is -2.32. The molecular weight excluding hydrogens is 224 g/mol. The first-order valence-corrected chi connectivity index (χ1v) is 6.38. The number of carbonyl (C=O) groups excluding carboxylic acids is 1. The van der Waals surface area contributed by atoms with Crippen molar-refractivity contribution in [2.75, 3.05) is 0 Å². The molecule has 1 aliphatic rings.